The third-order valence-corrected chi connectivity index (χ3v) is 2.97. The molecule has 110 valence electrons. The average molecular weight is 270 g/mol. The number of ether oxygens (including phenoxy) is 2. The van der Waals surface area contributed by atoms with E-state index in [9.17, 15) is 9.59 Å². The number of rotatable bonds is 9. The standard InChI is InChI=1S/C15H26O4/c1-6-10-15(11-9-12(4)5,13(16)18-7-2)14(17)19-8-3/h6,12H,1,7-11H2,2-5H3. The SMILES string of the molecule is C=CCC(CCC(C)C)(C(=O)OCC)C(=O)OCC. The maximum atomic E-state index is 12.2. The van der Waals surface area contributed by atoms with Crippen molar-refractivity contribution in [3.8, 4) is 0 Å². The number of allylic oxidation sites excluding steroid dienone is 1. The molecule has 0 aliphatic heterocycles. The van der Waals surface area contributed by atoms with Gasteiger partial charge in [0.1, 0.15) is 0 Å². The maximum absolute atomic E-state index is 12.2. The Morgan fingerprint density at radius 3 is 1.95 bits per heavy atom. The van der Waals surface area contributed by atoms with Gasteiger partial charge in [-0.1, -0.05) is 19.9 Å². The highest BCUT2D eigenvalue weighted by atomic mass is 16.6. The second kappa shape index (κ2) is 8.73. The first-order valence-corrected chi connectivity index (χ1v) is 6.89. The molecule has 19 heavy (non-hydrogen) atoms. The van der Waals surface area contributed by atoms with E-state index >= 15 is 0 Å². The van der Waals surface area contributed by atoms with E-state index in [4.69, 9.17) is 9.47 Å². The molecule has 0 aromatic heterocycles. The van der Waals surface area contributed by atoms with E-state index in [1.54, 1.807) is 19.9 Å². The topological polar surface area (TPSA) is 52.6 Å². The van der Waals surface area contributed by atoms with E-state index in [1.165, 1.54) is 0 Å². The molecule has 0 aliphatic carbocycles. The lowest BCUT2D eigenvalue weighted by Crippen LogP contribution is -2.42. The summed E-state index contributed by atoms with van der Waals surface area (Å²) in [5.74, 6) is -0.615. The zero-order chi connectivity index (χ0) is 14.9. The van der Waals surface area contributed by atoms with Crippen LogP contribution in [-0.4, -0.2) is 25.2 Å². The second-order valence-electron chi connectivity index (χ2n) is 4.95. The van der Waals surface area contributed by atoms with Crippen molar-refractivity contribution in [3.05, 3.63) is 12.7 Å². The largest absolute Gasteiger partial charge is 0.465 e. The first-order valence-electron chi connectivity index (χ1n) is 6.89. The Morgan fingerprint density at radius 2 is 1.63 bits per heavy atom. The molecule has 0 aromatic rings. The molecule has 0 heterocycles. The summed E-state index contributed by atoms with van der Waals surface area (Å²) in [5, 5.41) is 0. The molecule has 0 aliphatic rings. The lowest BCUT2D eigenvalue weighted by molar-refractivity contribution is -0.172. The highest BCUT2D eigenvalue weighted by molar-refractivity contribution is 6.00. The Hall–Kier alpha value is -1.32. The first kappa shape index (κ1) is 17.7. The zero-order valence-corrected chi connectivity index (χ0v) is 12.5. The normalized spacial score (nSPS) is 11.2. The summed E-state index contributed by atoms with van der Waals surface area (Å²) in [6.07, 6.45) is 3.01. The Bertz CT molecular complexity index is 289. The first-order chi connectivity index (χ1) is 8.94. The summed E-state index contributed by atoms with van der Waals surface area (Å²) in [6.45, 7) is 11.7. The summed E-state index contributed by atoms with van der Waals surface area (Å²) >= 11 is 0. The van der Waals surface area contributed by atoms with Crippen molar-refractivity contribution in [2.45, 2.75) is 47.0 Å². The van der Waals surface area contributed by atoms with Gasteiger partial charge in [0.05, 0.1) is 13.2 Å². The molecular weight excluding hydrogens is 244 g/mol. The molecule has 0 fully saturated rings. The Morgan fingerprint density at radius 1 is 1.16 bits per heavy atom. The Kier molecular flexibility index (Phi) is 8.12. The third kappa shape index (κ3) is 5.05. The van der Waals surface area contributed by atoms with Crippen LogP contribution in [0.25, 0.3) is 0 Å². The molecular formula is C15H26O4. The fourth-order valence-electron chi connectivity index (χ4n) is 1.88. The van der Waals surface area contributed by atoms with Crippen LogP contribution in [0.2, 0.25) is 0 Å². The van der Waals surface area contributed by atoms with Crippen LogP contribution in [0.15, 0.2) is 12.7 Å². The van der Waals surface area contributed by atoms with E-state index in [-0.39, 0.29) is 19.6 Å². The van der Waals surface area contributed by atoms with E-state index in [1.807, 2.05) is 0 Å². The molecule has 0 aromatic carbocycles. The number of carbonyl (C=O) groups is 2. The second-order valence-corrected chi connectivity index (χ2v) is 4.95. The molecule has 0 amide bonds. The van der Waals surface area contributed by atoms with Crippen LogP contribution in [0.1, 0.15) is 47.0 Å². The average Bonchev–Trinajstić information content (AvgIpc) is 2.34. The summed E-state index contributed by atoms with van der Waals surface area (Å²) in [7, 11) is 0. The van der Waals surface area contributed by atoms with Crippen molar-refractivity contribution in [3.63, 3.8) is 0 Å². The van der Waals surface area contributed by atoms with Crippen molar-refractivity contribution < 1.29 is 19.1 Å². The van der Waals surface area contributed by atoms with E-state index < -0.39 is 17.4 Å². The van der Waals surface area contributed by atoms with Gasteiger partial charge in [-0.25, -0.2) is 0 Å². The number of hydrogen-bond acceptors (Lipinski definition) is 4. The molecule has 0 saturated heterocycles. The summed E-state index contributed by atoms with van der Waals surface area (Å²) in [6, 6.07) is 0. The summed E-state index contributed by atoms with van der Waals surface area (Å²) in [5.41, 5.74) is -1.24. The predicted octanol–water partition coefficient (Wildman–Crippen LogP) is 3.11. The van der Waals surface area contributed by atoms with Gasteiger partial charge in [0, 0.05) is 0 Å². The van der Waals surface area contributed by atoms with Crippen LogP contribution in [0.4, 0.5) is 0 Å². The molecule has 0 rings (SSSR count). The van der Waals surface area contributed by atoms with Gasteiger partial charge in [-0.05, 0) is 39.0 Å². The van der Waals surface area contributed by atoms with Crippen molar-refractivity contribution in [2.75, 3.05) is 13.2 Å². The molecule has 4 heteroatoms. The van der Waals surface area contributed by atoms with E-state index in [0.29, 0.717) is 12.3 Å². The number of esters is 2. The number of carbonyl (C=O) groups excluding carboxylic acids is 2. The van der Waals surface area contributed by atoms with Crippen molar-refractivity contribution in [2.24, 2.45) is 11.3 Å². The van der Waals surface area contributed by atoms with Crippen LogP contribution in [0.5, 0.6) is 0 Å². The highest BCUT2D eigenvalue weighted by Gasteiger charge is 2.47. The monoisotopic (exact) mass is 270 g/mol. The van der Waals surface area contributed by atoms with Gasteiger partial charge < -0.3 is 9.47 Å². The van der Waals surface area contributed by atoms with Gasteiger partial charge in [0.25, 0.3) is 0 Å². The van der Waals surface area contributed by atoms with Gasteiger partial charge >= 0.3 is 11.9 Å². The van der Waals surface area contributed by atoms with Gasteiger partial charge in [0.2, 0.25) is 0 Å². The fraction of sp³-hybridized carbons (Fsp3) is 0.733. The maximum Gasteiger partial charge on any atom is 0.323 e. The number of hydrogen-bond donors (Lipinski definition) is 0. The van der Waals surface area contributed by atoms with Gasteiger partial charge in [-0.3, -0.25) is 9.59 Å². The Labute approximate surface area is 116 Å². The molecule has 4 nitrogen and oxygen atoms in total. The molecule has 0 saturated carbocycles. The summed E-state index contributed by atoms with van der Waals surface area (Å²) in [4.78, 5) is 24.4. The van der Waals surface area contributed by atoms with Crippen LogP contribution < -0.4 is 0 Å². The molecule has 0 N–H and O–H groups in total. The van der Waals surface area contributed by atoms with Crippen LogP contribution in [-0.2, 0) is 19.1 Å². The lowest BCUT2D eigenvalue weighted by atomic mass is 9.78. The van der Waals surface area contributed by atoms with Crippen LogP contribution >= 0.6 is 0 Å². The predicted molar refractivity (Wildman–Crippen MR) is 74.6 cm³/mol. The molecule has 0 atom stereocenters. The van der Waals surface area contributed by atoms with E-state index in [0.717, 1.165) is 6.42 Å². The van der Waals surface area contributed by atoms with Gasteiger partial charge in [-0.2, -0.15) is 0 Å². The lowest BCUT2D eigenvalue weighted by Gasteiger charge is -2.28. The molecule has 0 unspecified atom stereocenters. The van der Waals surface area contributed by atoms with Gasteiger partial charge in [0.15, 0.2) is 5.41 Å². The van der Waals surface area contributed by atoms with Crippen molar-refractivity contribution in [1.82, 2.24) is 0 Å². The minimum absolute atomic E-state index is 0.247. The van der Waals surface area contributed by atoms with Crippen LogP contribution in [0, 0.1) is 11.3 Å². The fourth-order valence-corrected chi connectivity index (χ4v) is 1.88. The van der Waals surface area contributed by atoms with E-state index in [2.05, 4.69) is 20.4 Å². The van der Waals surface area contributed by atoms with Crippen molar-refractivity contribution in [1.29, 1.82) is 0 Å². The minimum Gasteiger partial charge on any atom is -0.465 e. The smallest absolute Gasteiger partial charge is 0.323 e. The highest BCUT2D eigenvalue weighted by Crippen LogP contribution is 2.34. The molecule has 0 spiro atoms. The summed E-state index contributed by atoms with van der Waals surface area (Å²) < 4.78 is 10.1. The molecule has 0 bridgehead atoms. The van der Waals surface area contributed by atoms with Crippen LogP contribution in [0.3, 0.4) is 0 Å². The van der Waals surface area contributed by atoms with Gasteiger partial charge in [-0.15, -0.1) is 6.58 Å². The zero-order valence-electron chi connectivity index (χ0n) is 12.5. The van der Waals surface area contributed by atoms with Crippen molar-refractivity contribution >= 4 is 11.9 Å². The molecule has 0 radical (unpaired) electrons. The third-order valence-electron chi connectivity index (χ3n) is 2.97. The quantitative estimate of drug-likeness (QED) is 0.367. The minimum atomic E-state index is -1.24. The Balaban J connectivity index is 5.25.